The molecule has 1 heterocycles. The van der Waals surface area contributed by atoms with Gasteiger partial charge in [-0.05, 0) is 12.3 Å². The van der Waals surface area contributed by atoms with Crippen LogP contribution in [0.4, 0.5) is 0 Å². The predicted octanol–water partition coefficient (Wildman–Crippen LogP) is 0.734. The van der Waals surface area contributed by atoms with E-state index in [1.807, 2.05) is 11.8 Å². The molecule has 0 fully saturated rings. The van der Waals surface area contributed by atoms with Gasteiger partial charge in [-0.15, -0.1) is 0 Å². The van der Waals surface area contributed by atoms with Crippen LogP contribution in [0.15, 0.2) is 11.1 Å². The lowest BCUT2D eigenvalue weighted by atomic mass is 10.4. The number of rotatable bonds is 9. The van der Waals surface area contributed by atoms with Crippen LogP contribution in [0, 0.1) is 0 Å². The van der Waals surface area contributed by atoms with Gasteiger partial charge in [-0.1, -0.05) is 11.8 Å². The molecule has 18 heavy (non-hydrogen) atoms. The summed E-state index contributed by atoms with van der Waals surface area (Å²) >= 11 is 1.82. The van der Waals surface area contributed by atoms with Crippen molar-refractivity contribution in [2.75, 3.05) is 53.6 Å². The smallest absolute Gasteiger partial charge is 0.134 e. The second-order valence-corrected chi connectivity index (χ2v) is 5.01. The molecule has 0 amide bonds. The van der Waals surface area contributed by atoms with E-state index in [1.54, 1.807) is 14.2 Å². The van der Waals surface area contributed by atoms with Crippen LogP contribution in [-0.4, -0.2) is 68.9 Å². The first-order valence-corrected chi connectivity index (χ1v) is 7.25. The Morgan fingerprint density at radius 3 is 2.39 bits per heavy atom. The highest BCUT2D eigenvalue weighted by Crippen LogP contribution is 2.32. The second-order valence-electron chi connectivity index (χ2n) is 4.08. The van der Waals surface area contributed by atoms with E-state index in [4.69, 9.17) is 15.2 Å². The molecule has 6 heteroatoms. The van der Waals surface area contributed by atoms with Crippen molar-refractivity contribution in [1.29, 1.82) is 0 Å². The second kappa shape index (κ2) is 8.77. The molecule has 0 aliphatic carbocycles. The molecule has 1 rings (SSSR count). The molecule has 0 aromatic heterocycles. The van der Waals surface area contributed by atoms with Gasteiger partial charge in [0, 0.05) is 46.1 Å². The average Bonchev–Trinajstić information content (AvgIpc) is 2.81. The van der Waals surface area contributed by atoms with Crippen LogP contribution in [-0.2, 0) is 9.47 Å². The van der Waals surface area contributed by atoms with E-state index >= 15 is 0 Å². The Morgan fingerprint density at radius 1 is 1.33 bits per heavy atom. The van der Waals surface area contributed by atoms with E-state index in [-0.39, 0.29) is 0 Å². The van der Waals surface area contributed by atoms with Gasteiger partial charge in [-0.3, -0.25) is 4.90 Å². The SMILES string of the molecule is CCN1C(CN)=CSC1N(CCOC)CCOC. The molecular formula is C12H25N3O2S. The minimum atomic E-state index is 0.318. The van der Waals surface area contributed by atoms with Gasteiger partial charge < -0.3 is 20.1 Å². The lowest BCUT2D eigenvalue weighted by Crippen LogP contribution is -2.46. The molecule has 5 nitrogen and oxygen atoms in total. The van der Waals surface area contributed by atoms with Crippen LogP contribution in [0.5, 0.6) is 0 Å². The zero-order valence-electron chi connectivity index (χ0n) is 11.6. The van der Waals surface area contributed by atoms with Crippen molar-refractivity contribution in [3.63, 3.8) is 0 Å². The van der Waals surface area contributed by atoms with E-state index in [9.17, 15) is 0 Å². The van der Waals surface area contributed by atoms with E-state index in [0.717, 1.165) is 32.8 Å². The minimum Gasteiger partial charge on any atom is -0.383 e. The highest BCUT2D eigenvalue weighted by Gasteiger charge is 2.29. The van der Waals surface area contributed by atoms with E-state index in [1.165, 1.54) is 5.70 Å². The van der Waals surface area contributed by atoms with Gasteiger partial charge >= 0.3 is 0 Å². The van der Waals surface area contributed by atoms with Crippen molar-refractivity contribution < 1.29 is 9.47 Å². The highest BCUT2D eigenvalue weighted by molar-refractivity contribution is 8.02. The van der Waals surface area contributed by atoms with Crippen LogP contribution < -0.4 is 5.73 Å². The van der Waals surface area contributed by atoms with Crippen LogP contribution in [0.2, 0.25) is 0 Å². The summed E-state index contributed by atoms with van der Waals surface area (Å²) in [6.07, 6.45) is 0. The Hall–Kier alpha value is -0.270. The van der Waals surface area contributed by atoms with Crippen molar-refractivity contribution >= 4 is 11.8 Å². The first-order valence-electron chi connectivity index (χ1n) is 6.31. The van der Waals surface area contributed by atoms with Gasteiger partial charge in [-0.2, -0.15) is 0 Å². The molecule has 1 aliphatic rings. The topological polar surface area (TPSA) is 51.0 Å². The van der Waals surface area contributed by atoms with Crippen molar-refractivity contribution in [2.45, 2.75) is 12.4 Å². The lowest BCUT2D eigenvalue weighted by molar-refractivity contribution is 0.0702. The van der Waals surface area contributed by atoms with Gasteiger partial charge in [-0.25, -0.2) is 0 Å². The number of nitrogens with zero attached hydrogens (tertiary/aromatic N) is 2. The average molecular weight is 275 g/mol. The van der Waals surface area contributed by atoms with E-state index < -0.39 is 0 Å². The molecule has 0 bridgehead atoms. The number of ether oxygens (including phenoxy) is 2. The van der Waals surface area contributed by atoms with Crippen LogP contribution in [0.3, 0.4) is 0 Å². The summed E-state index contributed by atoms with van der Waals surface area (Å²) in [7, 11) is 3.47. The Labute approximate surface area is 114 Å². The molecule has 0 aromatic rings. The number of hydrogen-bond donors (Lipinski definition) is 1. The summed E-state index contributed by atoms with van der Waals surface area (Å²) in [5.41, 5.74) is 7.30. The molecular weight excluding hydrogens is 250 g/mol. The minimum absolute atomic E-state index is 0.318. The fourth-order valence-electron chi connectivity index (χ4n) is 1.98. The predicted molar refractivity (Wildman–Crippen MR) is 76.2 cm³/mol. The standard InChI is InChI=1S/C12H25N3O2S/c1-4-15-11(9-13)10-18-12(15)14(5-7-16-2)6-8-17-3/h10,12H,4-9,13H2,1-3H3. The third-order valence-corrected chi connectivity index (χ3v) is 4.19. The fourth-order valence-corrected chi connectivity index (χ4v) is 3.30. The zero-order valence-corrected chi connectivity index (χ0v) is 12.4. The molecule has 106 valence electrons. The van der Waals surface area contributed by atoms with Crippen LogP contribution in [0.25, 0.3) is 0 Å². The molecule has 0 saturated carbocycles. The van der Waals surface area contributed by atoms with E-state index in [2.05, 4.69) is 22.1 Å². The molecule has 1 unspecified atom stereocenters. The number of hydrogen-bond acceptors (Lipinski definition) is 6. The Balaban J connectivity index is 2.61. The first-order chi connectivity index (χ1) is 8.78. The quantitative estimate of drug-likeness (QED) is 0.669. The Bertz CT molecular complexity index is 256. The summed E-state index contributed by atoms with van der Waals surface area (Å²) in [6, 6.07) is 0. The Morgan fingerprint density at radius 2 is 1.94 bits per heavy atom. The number of likely N-dealkylation sites (N-methyl/N-ethyl adjacent to an activating group) is 1. The van der Waals surface area contributed by atoms with Gasteiger partial charge in [0.05, 0.1) is 13.2 Å². The third-order valence-electron chi connectivity index (χ3n) is 2.99. The molecule has 1 atom stereocenters. The lowest BCUT2D eigenvalue weighted by Gasteiger charge is -2.36. The molecule has 0 saturated heterocycles. The highest BCUT2D eigenvalue weighted by atomic mass is 32.2. The summed E-state index contributed by atoms with van der Waals surface area (Å²) in [5.74, 6) is 0. The van der Waals surface area contributed by atoms with Crippen LogP contribution >= 0.6 is 11.8 Å². The summed E-state index contributed by atoms with van der Waals surface area (Å²) in [6.45, 7) is 7.00. The number of nitrogens with two attached hydrogens (primary N) is 1. The number of methoxy groups -OCH3 is 2. The van der Waals surface area contributed by atoms with Crippen LogP contribution in [0.1, 0.15) is 6.92 Å². The molecule has 2 N–H and O–H groups in total. The molecule has 0 spiro atoms. The van der Waals surface area contributed by atoms with Crippen molar-refractivity contribution in [1.82, 2.24) is 9.80 Å². The van der Waals surface area contributed by atoms with Gasteiger partial charge in [0.15, 0.2) is 0 Å². The van der Waals surface area contributed by atoms with Gasteiger partial charge in [0.25, 0.3) is 0 Å². The molecule has 1 aliphatic heterocycles. The summed E-state index contributed by atoms with van der Waals surface area (Å²) in [5, 5.41) is 2.17. The third kappa shape index (κ3) is 4.13. The summed E-state index contributed by atoms with van der Waals surface area (Å²) < 4.78 is 10.4. The van der Waals surface area contributed by atoms with Crippen molar-refractivity contribution in [2.24, 2.45) is 5.73 Å². The van der Waals surface area contributed by atoms with Gasteiger partial charge in [0.2, 0.25) is 0 Å². The zero-order chi connectivity index (χ0) is 13.4. The van der Waals surface area contributed by atoms with E-state index in [0.29, 0.717) is 12.0 Å². The maximum absolute atomic E-state index is 5.77. The summed E-state index contributed by atoms with van der Waals surface area (Å²) in [4.78, 5) is 4.72. The number of thioether (sulfide) groups is 1. The maximum atomic E-state index is 5.77. The Kier molecular flexibility index (Phi) is 7.69. The monoisotopic (exact) mass is 275 g/mol. The molecule has 0 aromatic carbocycles. The first kappa shape index (κ1) is 15.8. The fraction of sp³-hybridized carbons (Fsp3) is 0.833. The normalized spacial score (nSPS) is 19.7. The van der Waals surface area contributed by atoms with Crippen molar-refractivity contribution in [3.05, 3.63) is 11.1 Å². The maximum Gasteiger partial charge on any atom is 0.134 e. The van der Waals surface area contributed by atoms with Crippen molar-refractivity contribution in [3.8, 4) is 0 Å². The molecule has 0 radical (unpaired) electrons. The van der Waals surface area contributed by atoms with Gasteiger partial charge in [0.1, 0.15) is 5.50 Å². The largest absolute Gasteiger partial charge is 0.383 e.